The van der Waals surface area contributed by atoms with Gasteiger partial charge in [0, 0.05) is 7.11 Å². The Hall–Kier alpha value is -0.570. The van der Waals surface area contributed by atoms with Gasteiger partial charge in [0.25, 0.3) is 0 Å². The van der Waals surface area contributed by atoms with E-state index in [1.807, 2.05) is 0 Å². The topological polar surface area (TPSA) is 35.5 Å². The first-order valence-corrected chi connectivity index (χ1v) is 2.22. The van der Waals surface area contributed by atoms with Crippen LogP contribution in [0.15, 0.2) is 0 Å². The smallest absolute Gasteiger partial charge is 0.308 e. The summed E-state index contributed by atoms with van der Waals surface area (Å²) < 4.78 is 9.00. The Morgan fingerprint density at radius 3 is 2.38 bits per heavy atom. The summed E-state index contributed by atoms with van der Waals surface area (Å²) in [7, 11) is 1.45. The van der Waals surface area contributed by atoms with E-state index in [9.17, 15) is 4.79 Å². The average Bonchev–Trinajstić information content (AvgIpc) is 1.65. The fourth-order valence-corrected chi connectivity index (χ4v) is 0.233. The van der Waals surface area contributed by atoms with E-state index in [-0.39, 0.29) is 0 Å². The van der Waals surface area contributed by atoms with Crippen LogP contribution in [0.25, 0.3) is 0 Å². The molecule has 1 atom stereocenters. The molecule has 0 N–H and O–H groups in total. The van der Waals surface area contributed by atoms with E-state index in [0.717, 1.165) is 0 Å². The largest absolute Gasteiger partial charge is 0.436 e. The number of carbonyl (C=O) groups excluding carboxylic acids is 1. The molecule has 0 heterocycles. The third-order valence-electron chi connectivity index (χ3n) is 0.629. The van der Waals surface area contributed by atoms with Crippen LogP contribution in [-0.2, 0) is 14.3 Å². The highest BCUT2D eigenvalue weighted by Gasteiger charge is 1.99. The number of rotatable bonds is 2. The van der Waals surface area contributed by atoms with Crippen LogP contribution in [0.2, 0.25) is 0 Å². The third-order valence-corrected chi connectivity index (χ3v) is 0.629. The average molecular weight is 117 g/mol. The van der Waals surface area contributed by atoms with Gasteiger partial charge in [-0.2, -0.15) is 0 Å². The molecular weight excluding hydrogens is 108 g/mol. The van der Waals surface area contributed by atoms with Gasteiger partial charge in [0.2, 0.25) is 0 Å². The maximum atomic E-state index is 10.00. The zero-order valence-corrected chi connectivity index (χ0v) is 5.01. The van der Waals surface area contributed by atoms with E-state index >= 15 is 0 Å². The van der Waals surface area contributed by atoms with Crippen molar-refractivity contribution in [2.45, 2.75) is 13.2 Å². The number of ether oxygens (including phenoxy) is 2. The molecule has 1 radical (unpaired) electrons. The molecule has 0 aliphatic carbocycles. The molecular formula is C5H9O3. The van der Waals surface area contributed by atoms with Crippen molar-refractivity contribution in [3.05, 3.63) is 6.92 Å². The summed E-state index contributed by atoms with van der Waals surface area (Å²) >= 11 is 0. The predicted octanol–water partition coefficient (Wildman–Crippen LogP) is 0.356. The van der Waals surface area contributed by atoms with Crippen molar-refractivity contribution in [2.75, 3.05) is 7.11 Å². The van der Waals surface area contributed by atoms with Gasteiger partial charge in [-0.05, 0) is 6.92 Å². The number of hydrogen-bond donors (Lipinski definition) is 0. The highest BCUT2D eigenvalue weighted by molar-refractivity contribution is 5.73. The van der Waals surface area contributed by atoms with E-state index in [1.54, 1.807) is 6.92 Å². The monoisotopic (exact) mass is 117 g/mol. The van der Waals surface area contributed by atoms with E-state index in [0.29, 0.717) is 0 Å². The minimum Gasteiger partial charge on any atom is -0.436 e. The summed E-state index contributed by atoms with van der Waals surface area (Å²) in [5, 5.41) is 0. The number of hydrogen-bond acceptors (Lipinski definition) is 3. The second kappa shape index (κ2) is 3.43. The van der Waals surface area contributed by atoms with Gasteiger partial charge < -0.3 is 9.47 Å². The van der Waals surface area contributed by atoms with Crippen molar-refractivity contribution in [2.24, 2.45) is 0 Å². The van der Waals surface area contributed by atoms with Gasteiger partial charge in [-0.25, -0.2) is 0 Å². The predicted molar refractivity (Wildman–Crippen MR) is 27.9 cm³/mol. The van der Waals surface area contributed by atoms with Gasteiger partial charge in [0.05, 0.1) is 6.92 Å². The Kier molecular flexibility index (Phi) is 3.19. The molecule has 0 saturated carbocycles. The highest BCUT2D eigenvalue weighted by atomic mass is 16.7. The molecule has 0 aliphatic heterocycles. The molecule has 47 valence electrons. The Bertz CT molecular complexity index is 79.7. The van der Waals surface area contributed by atoms with Gasteiger partial charge in [0.1, 0.15) is 0 Å². The minimum absolute atomic E-state index is 0.486. The zero-order chi connectivity index (χ0) is 6.57. The summed E-state index contributed by atoms with van der Waals surface area (Å²) in [6.07, 6.45) is -0.486. The molecule has 0 aromatic rings. The summed E-state index contributed by atoms with van der Waals surface area (Å²) in [5.74, 6) is -0.570. The molecule has 0 aromatic carbocycles. The number of methoxy groups -OCH3 is 1. The molecule has 0 amide bonds. The maximum absolute atomic E-state index is 10.00. The first-order chi connectivity index (χ1) is 3.66. The lowest BCUT2D eigenvalue weighted by Gasteiger charge is -2.07. The second-order valence-corrected chi connectivity index (χ2v) is 1.29. The van der Waals surface area contributed by atoms with Crippen molar-refractivity contribution >= 4 is 5.97 Å². The lowest BCUT2D eigenvalue weighted by molar-refractivity contribution is -0.163. The quantitative estimate of drug-likeness (QED) is 0.387. The van der Waals surface area contributed by atoms with Crippen LogP contribution in [0.5, 0.6) is 0 Å². The first kappa shape index (κ1) is 7.43. The van der Waals surface area contributed by atoms with Crippen molar-refractivity contribution in [1.82, 2.24) is 0 Å². The Balaban J connectivity index is 3.24. The van der Waals surface area contributed by atoms with Crippen molar-refractivity contribution in [3.8, 4) is 0 Å². The molecule has 0 spiro atoms. The fraction of sp³-hybridized carbons (Fsp3) is 0.600. The first-order valence-electron chi connectivity index (χ1n) is 2.22. The van der Waals surface area contributed by atoms with E-state index in [2.05, 4.69) is 16.4 Å². The van der Waals surface area contributed by atoms with Gasteiger partial charge in [0.15, 0.2) is 6.29 Å². The van der Waals surface area contributed by atoms with Crippen LogP contribution in [0.1, 0.15) is 6.92 Å². The lowest BCUT2D eigenvalue weighted by Crippen LogP contribution is -2.13. The van der Waals surface area contributed by atoms with Gasteiger partial charge in [-0.3, -0.25) is 4.79 Å². The van der Waals surface area contributed by atoms with Crippen molar-refractivity contribution < 1.29 is 14.3 Å². The summed E-state index contributed by atoms with van der Waals surface area (Å²) in [4.78, 5) is 10.00. The van der Waals surface area contributed by atoms with Crippen LogP contribution in [0.4, 0.5) is 0 Å². The lowest BCUT2D eigenvalue weighted by atomic mass is 10.7. The van der Waals surface area contributed by atoms with E-state index < -0.39 is 12.3 Å². The summed E-state index contributed by atoms with van der Waals surface area (Å²) in [6, 6.07) is 0. The Morgan fingerprint density at radius 1 is 1.75 bits per heavy atom. The van der Waals surface area contributed by atoms with Gasteiger partial charge >= 0.3 is 5.97 Å². The van der Waals surface area contributed by atoms with Crippen LogP contribution >= 0.6 is 0 Å². The third kappa shape index (κ3) is 3.61. The highest BCUT2D eigenvalue weighted by Crippen LogP contribution is 1.88. The van der Waals surface area contributed by atoms with E-state index in [1.165, 1.54) is 7.11 Å². The normalized spacial score (nSPS) is 12.9. The molecule has 0 bridgehead atoms. The molecule has 1 unspecified atom stereocenters. The number of esters is 1. The molecule has 0 saturated heterocycles. The standard InChI is InChI=1S/C5H9O3/c1-4(6)8-5(2)7-3/h5H,1H2,2-3H3. The van der Waals surface area contributed by atoms with Gasteiger partial charge in [-0.1, -0.05) is 0 Å². The van der Waals surface area contributed by atoms with Crippen LogP contribution in [0, 0.1) is 6.92 Å². The van der Waals surface area contributed by atoms with Crippen LogP contribution in [-0.4, -0.2) is 19.4 Å². The molecule has 0 aliphatic rings. The molecule has 3 nitrogen and oxygen atoms in total. The second-order valence-electron chi connectivity index (χ2n) is 1.29. The Morgan fingerprint density at radius 2 is 2.25 bits per heavy atom. The SMILES string of the molecule is [CH2]C(=O)OC(C)OC. The molecule has 8 heavy (non-hydrogen) atoms. The van der Waals surface area contributed by atoms with Crippen molar-refractivity contribution in [3.63, 3.8) is 0 Å². The minimum atomic E-state index is -0.570. The maximum Gasteiger partial charge on any atom is 0.308 e. The van der Waals surface area contributed by atoms with Crippen LogP contribution in [0.3, 0.4) is 0 Å². The number of carbonyl (C=O) groups is 1. The fourth-order valence-electron chi connectivity index (χ4n) is 0.233. The Labute approximate surface area is 48.6 Å². The summed E-state index contributed by atoms with van der Waals surface area (Å²) in [5.41, 5.74) is 0. The van der Waals surface area contributed by atoms with Crippen molar-refractivity contribution in [1.29, 1.82) is 0 Å². The van der Waals surface area contributed by atoms with E-state index in [4.69, 9.17) is 0 Å². The van der Waals surface area contributed by atoms with Crippen LogP contribution < -0.4 is 0 Å². The molecule has 0 rings (SSSR count). The molecule has 0 fully saturated rings. The zero-order valence-electron chi connectivity index (χ0n) is 5.01. The summed E-state index contributed by atoms with van der Waals surface area (Å²) in [6.45, 7) is 4.60. The van der Waals surface area contributed by atoms with Gasteiger partial charge in [-0.15, -0.1) is 0 Å². The molecule has 0 aromatic heterocycles. The molecule has 3 heteroatoms.